The Hall–Kier alpha value is -3.22. The third-order valence-electron chi connectivity index (χ3n) is 3.41. The van der Waals surface area contributed by atoms with Crippen molar-refractivity contribution in [1.29, 1.82) is 0 Å². The zero-order valence-corrected chi connectivity index (χ0v) is 14.4. The van der Waals surface area contributed by atoms with Gasteiger partial charge in [-0.15, -0.1) is 0 Å². The SMILES string of the molecule is COc1cc(/C=N\NC(=O)CNc2ccc(C)cc2)cc(OC)c1O. The van der Waals surface area contributed by atoms with Crippen LogP contribution in [0.1, 0.15) is 11.1 Å². The molecule has 0 unspecified atom stereocenters. The van der Waals surface area contributed by atoms with Gasteiger partial charge in [-0.3, -0.25) is 4.79 Å². The first-order chi connectivity index (χ1) is 12.0. The van der Waals surface area contributed by atoms with Crippen LogP contribution in [0.5, 0.6) is 17.2 Å². The van der Waals surface area contributed by atoms with Crippen LogP contribution in [-0.2, 0) is 4.79 Å². The van der Waals surface area contributed by atoms with E-state index in [2.05, 4.69) is 15.8 Å². The van der Waals surface area contributed by atoms with Crippen molar-refractivity contribution in [3.05, 3.63) is 47.5 Å². The minimum atomic E-state index is -0.283. The van der Waals surface area contributed by atoms with Crippen molar-refractivity contribution in [1.82, 2.24) is 5.43 Å². The highest BCUT2D eigenvalue weighted by Crippen LogP contribution is 2.36. The number of carbonyl (C=O) groups excluding carboxylic acids is 1. The van der Waals surface area contributed by atoms with Gasteiger partial charge in [0.15, 0.2) is 11.5 Å². The number of nitrogens with zero attached hydrogens (tertiary/aromatic N) is 1. The predicted molar refractivity (Wildman–Crippen MR) is 96.6 cm³/mol. The van der Waals surface area contributed by atoms with Crippen molar-refractivity contribution < 1.29 is 19.4 Å². The van der Waals surface area contributed by atoms with Crippen LogP contribution in [0, 0.1) is 6.92 Å². The zero-order valence-electron chi connectivity index (χ0n) is 14.4. The Kier molecular flexibility index (Phi) is 6.22. The van der Waals surface area contributed by atoms with E-state index in [-0.39, 0.29) is 29.7 Å². The van der Waals surface area contributed by atoms with E-state index in [1.54, 1.807) is 12.1 Å². The summed E-state index contributed by atoms with van der Waals surface area (Å²) in [6, 6.07) is 10.9. The number of aryl methyl sites for hydroxylation is 1. The summed E-state index contributed by atoms with van der Waals surface area (Å²) in [7, 11) is 2.88. The molecule has 3 N–H and O–H groups in total. The molecule has 2 rings (SSSR count). The molecule has 0 radical (unpaired) electrons. The second-order valence-corrected chi connectivity index (χ2v) is 5.29. The molecule has 0 saturated carbocycles. The number of phenolic OH excluding ortho intramolecular Hbond substituents is 1. The molecular formula is C18H21N3O4. The normalized spacial score (nSPS) is 10.5. The second-order valence-electron chi connectivity index (χ2n) is 5.29. The Morgan fingerprint density at radius 1 is 1.16 bits per heavy atom. The predicted octanol–water partition coefficient (Wildman–Crippen LogP) is 2.28. The molecule has 0 heterocycles. The maximum Gasteiger partial charge on any atom is 0.259 e. The number of anilines is 1. The monoisotopic (exact) mass is 343 g/mol. The summed E-state index contributed by atoms with van der Waals surface area (Å²) < 4.78 is 10.1. The molecule has 0 atom stereocenters. The Balaban J connectivity index is 1.91. The first kappa shape index (κ1) is 18.1. The summed E-state index contributed by atoms with van der Waals surface area (Å²) >= 11 is 0. The summed E-state index contributed by atoms with van der Waals surface area (Å²) in [6.45, 7) is 2.10. The number of ether oxygens (including phenoxy) is 2. The molecular weight excluding hydrogens is 322 g/mol. The fourth-order valence-corrected chi connectivity index (χ4v) is 2.06. The van der Waals surface area contributed by atoms with Crippen LogP contribution in [0.3, 0.4) is 0 Å². The average Bonchev–Trinajstić information content (AvgIpc) is 2.62. The summed E-state index contributed by atoms with van der Waals surface area (Å²) in [5, 5.41) is 16.7. The van der Waals surface area contributed by atoms with E-state index in [4.69, 9.17) is 9.47 Å². The van der Waals surface area contributed by atoms with Gasteiger partial charge in [-0.1, -0.05) is 17.7 Å². The molecule has 0 aliphatic heterocycles. The first-order valence-electron chi connectivity index (χ1n) is 7.61. The molecule has 0 spiro atoms. The number of carbonyl (C=O) groups is 1. The van der Waals surface area contributed by atoms with Crippen molar-refractivity contribution in [3.8, 4) is 17.2 Å². The molecule has 0 saturated heterocycles. The third kappa shape index (κ3) is 5.13. The summed E-state index contributed by atoms with van der Waals surface area (Å²) in [4.78, 5) is 11.8. The molecule has 0 aromatic heterocycles. The van der Waals surface area contributed by atoms with Crippen molar-refractivity contribution in [2.24, 2.45) is 5.10 Å². The number of phenols is 1. The van der Waals surface area contributed by atoms with Crippen LogP contribution >= 0.6 is 0 Å². The summed E-state index contributed by atoms with van der Waals surface area (Å²) in [6.07, 6.45) is 1.44. The van der Waals surface area contributed by atoms with Gasteiger partial charge in [-0.05, 0) is 31.2 Å². The Morgan fingerprint density at radius 2 is 1.76 bits per heavy atom. The molecule has 7 heteroatoms. The number of hydrazone groups is 1. The van der Waals surface area contributed by atoms with E-state index >= 15 is 0 Å². The minimum Gasteiger partial charge on any atom is -0.502 e. The molecule has 0 fully saturated rings. The number of amides is 1. The largest absolute Gasteiger partial charge is 0.502 e. The Labute approximate surface area is 146 Å². The van der Waals surface area contributed by atoms with Gasteiger partial charge >= 0.3 is 0 Å². The average molecular weight is 343 g/mol. The highest BCUT2D eigenvalue weighted by Gasteiger charge is 2.10. The van der Waals surface area contributed by atoms with E-state index in [0.29, 0.717) is 5.56 Å². The maximum atomic E-state index is 11.8. The van der Waals surface area contributed by atoms with Crippen LogP contribution in [0.2, 0.25) is 0 Å². The molecule has 2 aromatic carbocycles. The van der Waals surface area contributed by atoms with Crippen molar-refractivity contribution >= 4 is 17.8 Å². The van der Waals surface area contributed by atoms with Gasteiger partial charge in [-0.2, -0.15) is 5.10 Å². The molecule has 0 aliphatic carbocycles. The topological polar surface area (TPSA) is 92.2 Å². The number of hydrogen-bond donors (Lipinski definition) is 3. The Bertz CT molecular complexity index is 732. The fraction of sp³-hybridized carbons (Fsp3) is 0.222. The highest BCUT2D eigenvalue weighted by molar-refractivity contribution is 5.85. The number of aromatic hydroxyl groups is 1. The molecule has 0 aliphatic rings. The van der Waals surface area contributed by atoms with Crippen molar-refractivity contribution in [2.45, 2.75) is 6.92 Å². The number of benzene rings is 2. The molecule has 7 nitrogen and oxygen atoms in total. The van der Waals surface area contributed by atoms with Gasteiger partial charge in [0.1, 0.15) is 0 Å². The Morgan fingerprint density at radius 3 is 2.32 bits per heavy atom. The standard InChI is InChI=1S/C18H21N3O4/c1-12-4-6-14(7-5-12)19-11-17(22)21-20-10-13-8-15(24-2)18(23)16(9-13)25-3/h4-10,19,23H,11H2,1-3H3,(H,21,22)/b20-10-. The summed E-state index contributed by atoms with van der Waals surface area (Å²) in [5.41, 5.74) is 5.05. The van der Waals surface area contributed by atoms with Crippen LogP contribution in [0.4, 0.5) is 5.69 Å². The van der Waals surface area contributed by atoms with Crippen molar-refractivity contribution in [2.75, 3.05) is 26.1 Å². The molecule has 132 valence electrons. The van der Waals surface area contributed by atoms with E-state index in [1.807, 2.05) is 31.2 Å². The lowest BCUT2D eigenvalue weighted by atomic mass is 10.2. The number of hydrogen-bond acceptors (Lipinski definition) is 6. The van der Waals surface area contributed by atoms with E-state index in [1.165, 1.54) is 20.4 Å². The maximum absolute atomic E-state index is 11.8. The van der Waals surface area contributed by atoms with Gasteiger partial charge in [-0.25, -0.2) is 5.43 Å². The third-order valence-corrected chi connectivity index (χ3v) is 3.41. The lowest BCUT2D eigenvalue weighted by molar-refractivity contribution is -0.119. The van der Waals surface area contributed by atoms with E-state index in [0.717, 1.165) is 11.3 Å². The zero-order chi connectivity index (χ0) is 18.2. The van der Waals surface area contributed by atoms with Crippen molar-refractivity contribution in [3.63, 3.8) is 0 Å². The minimum absolute atomic E-state index is 0.0894. The molecule has 1 amide bonds. The van der Waals surface area contributed by atoms with Crippen LogP contribution < -0.4 is 20.2 Å². The summed E-state index contributed by atoms with van der Waals surface area (Å²) in [5.74, 6) is 0.143. The van der Waals surface area contributed by atoms with Gasteiger partial charge in [0, 0.05) is 11.3 Å². The van der Waals surface area contributed by atoms with E-state index in [9.17, 15) is 9.90 Å². The second kappa shape index (κ2) is 8.58. The quantitative estimate of drug-likeness (QED) is 0.530. The smallest absolute Gasteiger partial charge is 0.259 e. The molecule has 25 heavy (non-hydrogen) atoms. The fourth-order valence-electron chi connectivity index (χ4n) is 2.06. The van der Waals surface area contributed by atoms with E-state index < -0.39 is 0 Å². The lowest BCUT2D eigenvalue weighted by Crippen LogP contribution is -2.25. The van der Waals surface area contributed by atoms with Crippen LogP contribution in [-0.4, -0.2) is 38.0 Å². The van der Waals surface area contributed by atoms with Crippen LogP contribution in [0.25, 0.3) is 0 Å². The van der Waals surface area contributed by atoms with Gasteiger partial charge in [0.25, 0.3) is 5.91 Å². The molecule has 0 bridgehead atoms. The molecule has 2 aromatic rings. The lowest BCUT2D eigenvalue weighted by Gasteiger charge is -2.09. The number of rotatable bonds is 7. The van der Waals surface area contributed by atoms with Gasteiger partial charge in [0.05, 0.1) is 27.0 Å². The number of nitrogens with one attached hydrogen (secondary N) is 2. The number of methoxy groups -OCH3 is 2. The highest BCUT2D eigenvalue weighted by atomic mass is 16.5. The van der Waals surface area contributed by atoms with Crippen LogP contribution in [0.15, 0.2) is 41.5 Å². The first-order valence-corrected chi connectivity index (χ1v) is 7.61. The van der Waals surface area contributed by atoms with Gasteiger partial charge in [0.2, 0.25) is 5.75 Å². The van der Waals surface area contributed by atoms with Gasteiger partial charge < -0.3 is 19.9 Å².